The third kappa shape index (κ3) is 6.62. The Morgan fingerprint density at radius 1 is 1.00 bits per heavy atom. The monoisotopic (exact) mass is 399 g/mol. The molecule has 154 valence electrons. The quantitative estimate of drug-likeness (QED) is 0.598. The molecule has 2 aromatic carbocycles. The van der Waals surface area contributed by atoms with E-state index >= 15 is 0 Å². The van der Waals surface area contributed by atoms with Crippen LogP contribution in [-0.2, 0) is 9.59 Å². The zero-order valence-electron chi connectivity index (χ0n) is 16.6. The summed E-state index contributed by atoms with van der Waals surface area (Å²) in [5.74, 6) is -0.883. The van der Waals surface area contributed by atoms with Crippen LogP contribution in [-0.4, -0.2) is 54.0 Å². The van der Waals surface area contributed by atoms with Gasteiger partial charge in [0.25, 0.3) is 5.91 Å². The first-order chi connectivity index (χ1) is 13.8. The Labute approximate surface area is 169 Å². The molecule has 8 heteroatoms. The fraction of sp³-hybridized carbons (Fsp3) is 0.286. The van der Waals surface area contributed by atoms with E-state index in [4.69, 9.17) is 9.84 Å². The average molecular weight is 399 g/mol. The van der Waals surface area contributed by atoms with Gasteiger partial charge in [0.15, 0.2) is 0 Å². The fourth-order valence-corrected chi connectivity index (χ4v) is 2.46. The predicted octanol–water partition coefficient (Wildman–Crippen LogP) is 2.68. The molecule has 0 saturated heterocycles. The maximum absolute atomic E-state index is 12.4. The van der Waals surface area contributed by atoms with Gasteiger partial charge < -0.3 is 20.5 Å². The summed E-state index contributed by atoms with van der Waals surface area (Å²) in [7, 11) is 1.56. The molecule has 2 amide bonds. The molecule has 0 bridgehead atoms. The molecule has 0 spiro atoms. The Balaban J connectivity index is 1.91. The molecule has 8 nitrogen and oxygen atoms in total. The first-order valence-corrected chi connectivity index (χ1v) is 9.17. The number of anilines is 2. The lowest BCUT2D eigenvalue weighted by Crippen LogP contribution is -2.40. The number of hydrogen-bond acceptors (Lipinski definition) is 5. The second-order valence-corrected chi connectivity index (χ2v) is 6.47. The van der Waals surface area contributed by atoms with E-state index in [2.05, 4.69) is 10.6 Å². The molecule has 29 heavy (non-hydrogen) atoms. The number of carbonyl (C=O) groups excluding carboxylic acids is 2. The second-order valence-electron chi connectivity index (χ2n) is 6.47. The molecule has 0 aliphatic carbocycles. The van der Waals surface area contributed by atoms with Crippen LogP contribution >= 0.6 is 0 Å². The minimum Gasteiger partial charge on any atom is -0.494 e. The lowest BCUT2D eigenvalue weighted by molar-refractivity contribution is -0.142. The van der Waals surface area contributed by atoms with Crippen LogP contribution in [0, 0.1) is 0 Å². The first-order valence-electron chi connectivity index (χ1n) is 9.17. The highest BCUT2D eigenvalue weighted by molar-refractivity contribution is 6.04. The number of nitrogens with zero attached hydrogens (tertiary/aromatic N) is 1. The topological polar surface area (TPSA) is 108 Å². The molecule has 0 aliphatic heterocycles. The van der Waals surface area contributed by atoms with Crippen LogP contribution in [0.3, 0.4) is 0 Å². The number of ether oxygens (including phenoxy) is 1. The van der Waals surface area contributed by atoms with Crippen molar-refractivity contribution in [3.05, 3.63) is 54.1 Å². The van der Waals surface area contributed by atoms with Crippen LogP contribution < -0.4 is 15.4 Å². The number of nitrogens with one attached hydrogen (secondary N) is 2. The molecule has 2 aromatic rings. The van der Waals surface area contributed by atoms with Crippen molar-refractivity contribution in [3.8, 4) is 5.75 Å². The number of carboxylic acid groups (broad SMARTS) is 1. The van der Waals surface area contributed by atoms with Gasteiger partial charge in [0.05, 0.1) is 13.2 Å². The summed E-state index contributed by atoms with van der Waals surface area (Å²) < 4.78 is 5.36. The summed E-state index contributed by atoms with van der Waals surface area (Å²) in [4.78, 5) is 36.8. The largest absolute Gasteiger partial charge is 0.494 e. The molecule has 2 rings (SSSR count). The number of likely N-dealkylation sites (N-methyl/N-ethyl adjacent to an activating group) is 1. The number of carboxylic acids is 1. The van der Waals surface area contributed by atoms with E-state index in [1.54, 1.807) is 55.6 Å². The average Bonchev–Trinajstić information content (AvgIpc) is 2.69. The summed E-state index contributed by atoms with van der Waals surface area (Å²) in [6, 6.07) is 12.7. The summed E-state index contributed by atoms with van der Waals surface area (Å²) in [6.45, 7) is 3.92. The summed E-state index contributed by atoms with van der Waals surface area (Å²) in [5, 5.41) is 14.4. The molecule has 0 aliphatic rings. The Kier molecular flexibility index (Phi) is 7.73. The van der Waals surface area contributed by atoms with Crippen LogP contribution in [0.15, 0.2) is 48.5 Å². The van der Waals surface area contributed by atoms with Gasteiger partial charge in [0, 0.05) is 16.9 Å². The number of rotatable bonds is 9. The van der Waals surface area contributed by atoms with Crippen molar-refractivity contribution in [1.82, 2.24) is 4.90 Å². The van der Waals surface area contributed by atoms with Crippen LogP contribution in [0.5, 0.6) is 5.75 Å². The molecule has 0 saturated carbocycles. The molecule has 0 fully saturated rings. The second kappa shape index (κ2) is 10.2. The predicted molar refractivity (Wildman–Crippen MR) is 110 cm³/mol. The molecular weight excluding hydrogens is 374 g/mol. The Morgan fingerprint density at radius 3 is 2.10 bits per heavy atom. The Bertz CT molecular complexity index is 850. The lowest BCUT2D eigenvalue weighted by Gasteiger charge is -2.20. The third-order valence-electron chi connectivity index (χ3n) is 4.27. The normalized spacial score (nSPS) is 11.6. The van der Waals surface area contributed by atoms with Gasteiger partial charge in [-0.25, -0.2) is 0 Å². The van der Waals surface area contributed by atoms with E-state index in [0.29, 0.717) is 23.5 Å². The van der Waals surface area contributed by atoms with Crippen molar-refractivity contribution in [1.29, 1.82) is 0 Å². The number of benzene rings is 2. The molecular formula is C21H25N3O5. The summed E-state index contributed by atoms with van der Waals surface area (Å²) in [5.41, 5.74) is 1.60. The smallest absolute Gasteiger partial charge is 0.320 e. The minimum atomic E-state index is -0.997. The van der Waals surface area contributed by atoms with Gasteiger partial charge in [-0.2, -0.15) is 0 Å². The van der Waals surface area contributed by atoms with E-state index in [0.717, 1.165) is 5.75 Å². The lowest BCUT2D eigenvalue weighted by atomic mass is 10.2. The van der Waals surface area contributed by atoms with Crippen molar-refractivity contribution >= 4 is 29.2 Å². The van der Waals surface area contributed by atoms with Gasteiger partial charge in [-0.3, -0.25) is 19.3 Å². The molecule has 0 aromatic heterocycles. The zero-order valence-corrected chi connectivity index (χ0v) is 16.6. The van der Waals surface area contributed by atoms with Gasteiger partial charge >= 0.3 is 5.97 Å². The van der Waals surface area contributed by atoms with Gasteiger partial charge in [-0.1, -0.05) is 0 Å². The third-order valence-corrected chi connectivity index (χ3v) is 4.27. The van der Waals surface area contributed by atoms with Crippen LogP contribution in [0.1, 0.15) is 24.2 Å². The van der Waals surface area contributed by atoms with Crippen molar-refractivity contribution in [3.63, 3.8) is 0 Å². The fourth-order valence-electron chi connectivity index (χ4n) is 2.46. The number of aliphatic carboxylic acids is 1. The molecule has 0 heterocycles. The van der Waals surface area contributed by atoms with Gasteiger partial charge in [-0.15, -0.1) is 0 Å². The number of amides is 2. The van der Waals surface area contributed by atoms with Crippen LogP contribution in [0.4, 0.5) is 11.4 Å². The van der Waals surface area contributed by atoms with Gasteiger partial charge in [-0.05, 0) is 69.4 Å². The van der Waals surface area contributed by atoms with E-state index in [9.17, 15) is 14.4 Å². The van der Waals surface area contributed by atoms with Gasteiger partial charge in [0.1, 0.15) is 11.8 Å². The summed E-state index contributed by atoms with van der Waals surface area (Å²) in [6.07, 6.45) is 0. The van der Waals surface area contributed by atoms with Crippen molar-refractivity contribution in [2.45, 2.75) is 19.9 Å². The van der Waals surface area contributed by atoms with Gasteiger partial charge in [0.2, 0.25) is 5.91 Å². The van der Waals surface area contributed by atoms with Crippen LogP contribution in [0.25, 0.3) is 0 Å². The van der Waals surface area contributed by atoms with E-state index in [-0.39, 0.29) is 18.4 Å². The maximum Gasteiger partial charge on any atom is 0.320 e. The minimum absolute atomic E-state index is 0.0621. The van der Waals surface area contributed by atoms with Crippen molar-refractivity contribution in [2.24, 2.45) is 0 Å². The highest BCUT2D eigenvalue weighted by Gasteiger charge is 2.19. The highest BCUT2D eigenvalue weighted by Crippen LogP contribution is 2.17. The number of hydrogen-bond donors (Lipinski definition) is 3. The highest BCUT2D eigenvalue weighted by atomic mass is 16.5. The van der Waals surface area contributed by atoms with E-state index in [1.165, 1.54) is 11.8 Å². The number of carbonyl (C=O) groups is 3. The van der Waals surface area contributed by atoms with E-state index in [1.807, 2.05) is 6.92 Å². The summed E-state index contributed by atoms with van der Waals surface area (Å²) >= 11 is 0. The van der Waals surface area contributed by atoms with Crippen molar-refractivity contribution < 1.29 is 24.2 Å². The molecule has 1 unspecified atom stereocenters. The Morgan fingerprint density at radius 2 is 1.55 bits per heavy atom. The van der Waals surface area contributed by atoms with E-state index < -0.39 is 12.0 Å². The molecule has 3 N–H and O–H groups in total. The van der Waals surface area contributed by atoms with Crippen molar-refractivity contribution in [2.75, 3.05) is 30.8 Å². The van der Waals surface area contributed by atoms with Crippen LogP contribution in [0.2, 0.25) is 0 Å². The zero-order chi connectivity index (χ0) is 21.4. The first kappa shape index (κ1) is 21.9. The SMILES string of the molecule is CCOc1ccc(NC(=O)c2ccc(NC(=O)CN(C)C(C)C(=O)O)cc2)cc1. The molecule has 0 radical (unpaired) electrons. The maximum atomic E-state index is 12.4. The molecule has 1 atom stereocenters. The Hall–Kier alpha value is -3.39. The standard InChI is InChI=1S/C21H25N3O5/c1-4-29-18-11-9-17(10-12-18)23-20(26)15-5-7-16(8-6-15)22-19(25)13-24(3)14(2)21(27)28/h5-12,14H,4,13H2,1-3H3,(H,22,25)(H,23,26)(H,27,28).